The first-order valence-corrected chi connectivity index (χ1v) is 8.88. The second-order valence-electron chi connectivity index (χ2n) is 5.85. The first kappa shape index (κ1) is 16.4. The molecule has 0 bridgehead atoms. The summed E-state index contributed by atoms with van der Waals surface area (Å²) >= 11 is 3.49. The van der Waals surface area contributed by atoms with Gasteiger partial charge in [0.15, 0.2) is 21.7 Å². The smallest absolute Gasteiger partial charge is 0.320 e. The van der Waals surface area contributed by atoms with Gasteiger partial charge < -0.3 is 15.2 Å². The number of imidazole rings is 1. The minimum Gasteiger partial charge on any atom is -0.460 e. The van der Waals surface area contributed by atoms with E-state index in [1.807, 2.05) is 11.5 Å². The third-order valence-electron chi connectivity index (χ3n) is 3.95. The van der Waals surface area contributed by atoms with Crippen LogP contribution >= 0.6 is 15.9 Å². The Hall–Kier alpha value is -1.41. The van der Waals surface area contributed by atoms with Crippen molar-refractivity contribution in [3.63, 3.8) is 0 Å². The summed E-state index contributed by atoms with van der Waals surface area (Å²) < 4.78 is 14.2. The third kappa shape index (κ3) is 3.42. The molecule has 0 spiro atoms. The van der Waals surface area contributed by atoms with Gasteiger partial charge in [-0.2, -0.15) is 9.97 Å². The fourth-order valence-corrected chi connectivity index (χ4v) is 3.40. The lowest BCUT2D eigenvalue weighted by Gasteiger charge is -2.24. The lowest BCUT2D eigenvalue weighted by molar-refractivity contribution is -0.0311. The van der Waals surface area contributed by atoms with E-state index in [0.29, 0.717) is 27.7 Å². The summed E-state index contributed by atoms with van der Waals surface area (Å²) in [6, 6.07) is 0.292. The van der Waals surface area contributed by atoms with Gasteiger partial charge in [-0.1, -0.05) is 13.3 Å². The van der Waals surface area contributed by atoms with E-state index in [-0.39, 0.29) is 12.3 Å². The normalized spacial score (nSPS) is 19.9. The van der Waals surface area contributed by atoms with Gasteiger partial charge in [0.25, 0.3) is 0 Å². The maximum absolute atomic E-state index is 6.05. The lowest BCUT2D eigenvalue weighted by atomic mass is 10.2. The second-order valence-corrected chi connectivity index (χ2v) is 6.56. The minimum absolute atomic E-state index is 0.0441. The van der Waals surface area contributed by atoms with Crippen molar-refractivity contribution in [2.24, 2.45) is 0 Å². The van der Waals surface area contributed by atoms with E-state index in [4.69, 9.17) is 15.2 Å². The SMILES string of the molecule is CCCC(C)Oc1nc(N)c2nc(Br)n(C3CCCCO3)c2n1. The fourth-order valence-electron chi connectivity index (χ4n) is 2.83. The maximum Gasteiger partial charge on any atom is 0.320 e. The van der Waals surface area contributed by atoms with Crippen LogP contribution in [0.15, 0.2) is 4.73 Å². The van der Waals surface area contributed by atoms with E-state index in [1.54, 1.807) is 0 Å². The summed E-state index contributed by atoms with van der Waals surface area (Å²) in [4.78, 5) is 13.2. The quantitative estimate of drug-likeness (QED) is 0.795. The average molecular weight is 384 g/mol. The maximum atomic E-state index is 6.05. The topological polar surface area (TPSA) is 88.1 Å². The monoisotopic (exact) mass is 383 g/mol. The number of halogens is 1. The Morgan fingerprint density at radius 3 is 2.91 bits per heavy atom. The van der Waals surface area contributed by atoms with Gasteiger partial charge in [0.2, 0.25) is 0 Å². The third-order valence-corrected chi connectivity index (χ3v) is 4.51. The van der Waals surface area contributed by atoms with E-state index < -0.39 is 0 Å². The Morgan fingerprint density at radius 1 is 1.39 bits per heavy atom. The number of nitrogen functional groups attached to an aromatic ring is 1. The van der Waals surface area contributed by atoms with Gasteiger partial charge in [-0.05, 0) is 48.5 Å². The number of hydrogen-bond acceptors (Lipinski definition) is 6. The molecule has 0 amide bonds. The summed E-state index contributed by atoms with van der Waals surface area (Å²) in [5, 5.41) is 0. The van der Waals surface area contributed by atoms with Crippen molar-refractivity contribution in [3.05, 3.63) is 4.73 Å². The molecule has 1 saturated heterocycles. The van der Waals surface area contributed by atoms with Gasteiger partial charge >= 0.3 is 6.01 Å². The van der Waals surface area contributed by atoms with Crippen molar-refractivity contribution in [1.82, 2.24) is 19.5 Å². The molecule has 126 valence electrons. The molecule has 23 heavy (non-hydrogen) atoms. The van der Waals surface area contributed by atoms with E-state index in [2.05, 4.69) is 37.8 Å². The Kier molecular flexibility index (Phi) is 5.01. The van der Waals surface area contributed by atoms with Crippen LogP contribution in [-0.2, 0) is 4.74 Å². The van der Waals surface area contributed by atoms with Crippen LogP contribution in [0.2, 0.25) is 0 Å². The molecule has 0 radical (unpaired) electrons. The van der Waals surface area contributed by atoms with Crippen molar-refractivity contribution in [1.29, 1.82) is 0 Å². The van der Waals surface area contributed by atoms with Gasteiger partial charge in [0.05, 0.1) is 6.10 Å². The van der Waals surface area contributed by atoms with Crippen LogP contribution in [0, 0.1) is 0 Å². The summed E-state index contributed by atoms with van der Waals surface area (Å²) in [6.45, 7) is 4.86. The predicted molar refractivity (Wildman–Crippen MR) is 91.3 cm³/mol. The van der Waals surface area contributed by atoms with Gasteiger partial charge in [-0.25, -0.2) is 4.98 Å². The number of ether oxygens (including phenoxy) is 2. The Bertz CT molecular complexity index is 684. The molecule has 1 aliphatic rings. The first-order chi connectivity index (χ1) is 11.1. The van der Waals surface area contributed by atoms with Gasteiger partial charge in [0, 0.05) is 6.61 Å². The van der Waals surface area contributed by atoms with Crippen LogP contribution < -0.4 is 10.5 Å². The van der Waals surface area contributed by atoms with Crippen LogP contribution in [0.25, 0.3) is 11.2 Å². The zero-order valence-electron chi connectivity index (χ0n) is 13.5. The molecular weight excluding hydrogens is 362 g/mol. The first-order valence-electron chi connectivity index (χ1n) is 8.09. The average Bonchev–Trinajstić information content (AvgIpc) is 2.85. The number of anilines is 1. The summed E-state index contributed by atoms with van der Waals surface area (Å²) in [5.74, 6) is 0.323. The van der Waals surface area contributed by atoms with Crippen LogP contribution in [0.5, 0.6) is 6.01 Å². The zero-order chi connectivity index (χ0) is 16.4. The van der Waals surface area contributed by atoms with Crippen molar-refractivity contribution in [2.45, 2.75) is 58.3 Å². The molecule has 8 heteroatoms. The van der Waals surface area contributed by atoms with Gasteiger partial charge in [0.1, 0.15) is 6.23 Å². The second kappa shape index (κ2) is 7.00. The molecule has 2 atom stereocenters. The van der Waals surface area contributed by atoms with E-state index >= 15 is 0 Å². The highest BCUT2D eigenvalue weighted by Gasteiger charge is 2.24. The van der Waals surface area contributed by atoms with Crippen LogP contribution in [0.1, 0.15) is 52.2 Å². The number of aromatic nitrogens is 4. The van der Waals surface area contributed by atoms with Crippen molar-refractivity contribution in [2.75, 3.05) is 12.3 Å². The molecule has 2 unspecified atom stereocenters. The molecule has 2 N–H and O–H groups in total. The molecule has 2 aromatic heterocycles. The van der Waals surface area contributed by atoms with Crippen LogP contribution in [-0.4, -0.2) is 32.2 Å². The molecule has 0 aliphatic carbocycles. The highest BCUT2D eigenvalue weighted by atomic mass is 79.9. The van der Waals surface area contributed by atoms with E-state index in [9.17, 15) is 0 Å². The highest BCUT2D eigenvalue weighted by molar-refractivity contribution is 9.10. The molecular formula is C15H22BrN5O2. The number of nitrogens with zero attached hydrogens (tertiary/aromatic N) is 4. The number of hydrogen-bond donors (Lipinski definition) is 1. The fraction of sp³-hybridized carbons (Fsp3) is 0.667. The molecule has 1 fully saturated rings. The molecule has 3 heterocycles. The van der Waals surface area contributed by atoms with Crippen molar-refractivity contribution >= 4 is 32.9 Å². The van der Waals surface area contributed by atoms with Crippen LogP contribution in [0.3, 0.4) is 0 Å². The molecule has 7 nitrogen and oxygen atoms in total. The Labute approximate surface area is 143 Å². The number of fused-ring (bicyclic) bond motifs is 1. The molecule has 0 aromatic carbocycles. The number of rotatable bonds is 5. The van der Waals surface area contributed by atoms with E-state index in [0.717, 1.165) is 38.7 Å². The molecule has 0 saturated carbocycles. The van der Waals surface area contributed by atoms with Crippen molar-refractivity contribution < 1.29 is 9.47 Å². The zero-order valence-corrected chi connectivity index (χ0v) is 15.0. The summed E-state index contributed by atoms with van der Waals surface area (Å²) in [6.07, 6.45) is 5.07. The van der Waals surface area contributed by atoms with Crippen LogP contribution in [0.4, 0.5) is 5.82 Å². The van der Waals surface area contributed by atoms with E-state index in [1.165, 1.54) is 0 Å². The molecule has 1 aliphatic heterocycles. The van der Waals surface area contributed by atoms with Crippen molar-refractivity contribution in [3.8, 4) is 6.01 Å². The highest BCUT2D eigenvalue weighted by Crippen LogP contribution is 2.32. The minimum atomic E-state index is -0.0849. The largest absolute Gasteiger partial charge is 0.460 e. The predicted octanol–water partition coefficient (Wildman–Crippen LogP) is 3.44. The number of nitrogens with two attached hydrogens (primary N) is 1. The lowest BCUT2D eigenvalue weighted by Crippen LogP contribution is -2.19. The Balaban J connectivity index is 1.99. The standard InChI is InChI=1S/C15H22BrN5O2/c1-3-6-9(2)23-15-19-12(17)11-13(20-15)21(14(16)18-11)10-7-4-5-8-22-10/h9-10H,3-8H2,1-2H3,(H2,17,19,20). The van der Waals surface area contributed by atoms with Gasteiger partial charge in [-0.3, -0.25) is 4.57 Å². The molecule has 3 rings (SSSR count). The summed E-state index contributed by atoms with van der Waals surface area (Å²) in [7, 11) is 0. The molecule has 2 aromatic rings. The summed E-state index contributed by atoms with van der Waals surface area (Å²) in [5.41, 5.74) is 7.27. The van der Waals surface area contributed by atoms with Gasteiger partial charge in [-0.15, -0.1) is 0 Å². The Morgan fingerprint density at radius 2 is 2.22 bits per heavy atom.